The summed E-state index contributed by atoms with van der Waals surface area (Å²) in [5.41, 5.74) is 1.35. The highest BCUT2D eigenvalue weighted by atomic mass is 32.1. The number of aromatic nitrogens is 2. The molecule has 2 atom stereocenters. The van der Waals surface area contributed by atoms with Crippen molar-refractivity contribution in [2.45, 2.75) is 46.1 Å². The Morgan fingerprint density at radius 3 is 2.82 bits per heavy atom. The Hall–Kier alpha value is -1.20. The van der Waals surface area contributed by atoms with Crippen molar-refractivity contribution in [3.05, 3.63) is 26.6 Å². The number of rotatable bonds is 2. The summed E-state index contributed by atoms with van der Waals surface area (Å²) < 4.78 is 0. The number of likely N-dealkylation sites (tertiary alicyclic amines) is 1. The predicted molar refractivity (Wildman–Crippen MR) is 89.6 cm³/mol. The third-order valence-corrected chi connectivity index (χ3v) is 6.31. The minimum atomic E-state index is 0.0805. The Bertz CT molecular complexity index is 753. The van der Waals surface area contributed by atoms with Gasteiger partial charge in [-0.2, -0.15) is 0 Å². The highest BCUT2D eigenvalue weighted by Crippen LogP contribution is 2.34. The molecule has 2 aliphatic rings. The molecule has 4 nitrogen and oxygen atoms in total. The largest absolute Gasteiger partial charge is 0.328 e. The molecule has 0 aromatic carbocycles. The van der Waals surface area contributed by atoms with Gasteiger partial charge in [0, 0.05) is 16.7 Å². The molecule has 0 unspecified atom stereocenters. The number of nitrogens with one attached hydrogen (secondary N) is 2. The molecule has 5 heteroatoms. The predicted octanol–water partition coefficient (Wildman–Crippen LogP) is 1.53. The molecule has 3 heterocycles. The van der Waals surface area contributed by atoms with Crippen molar-refractivity contribution < 1.29 is 4.90 Å². The van der Waals surface area contributed by atoms with Crippen LogP contribution >= 0.6 is 11.3 Å². The van der Waals surface area contributed by atoms with Crippen LogP contribution in [0.1, 0.15) is 43.0 Å². The van der Waals surface area contributed by atoms with E-state index in [1.54, 1.807) is 16.2 Å². The van der Waals surface area contributed by atoms with Gasteiger partial charge in [-0.25, -0.2) is 4.98 Å². The molecule has 1 saturated heterocycles. The number of aromatic amines is 1. The molecule has 1 aliphatic carbocycles. The van der Waals surface area contributed by atoms with Crippen LogP contribution < -0.4 is 10.5 Å². The second-order valence-corrected chi connectivity index (χ2v) is 8.41. The standard InChI is InChI=1S/C17H23N3OS/c1-10-6-11(2)8-20(7-10)9-14-18-16(21)15-12-4-3-5-13(12)22-17(15)19-14/h10-11H,3-9H2,1-2H3,(H,18,19,21)/p+1/t10-,11-/m0/s1. The van der Waals surface area contributed by atoms with Gasteiger partial charge in [-0.3, -0.25) is 4.79 Å². The number of hydrogen-bond acceptors (Lipinski definition) is 3. The summed E-state index contributed by atoms with van der Waals surface area (Å²) in [7, 11) is 0. The van der Waals surface area contributed by atoms with Gasteiger partial charge < -0.3 is 9.88 Å². The van der Waals surface area contributed by atoms with Crippen molar-refractivity contribution >= 4 is 21.6 Å². The van der Waals surface area contributed by atoms with Gasteiger partial charge in [0.2, 0.25) is 0 Å². The van der Waals surface area contributed by atoms with E-state index >= 15 is 0 Å². The molecule has 2 aromatic heterocycles. The Morgan fingerprint density at radius 2 is 2.05 bits per heavy atom. The minimum Gasteiger partial charge on any atom is -0.328 e. The van der Waals surface area contributed by atoms with Gasteiger partial charge in [0.15, 0.2) is 5.82 Å². The quantitative estimate of drug-likeness (QED) is 0.882. The molecule has 2 N–H and O–H groups in total. The second-order valence-electron chi connectivity index (χ2n) is 7.33. The van der Waals surface area contributed by atoms with Crippen LogP contribution in [0.25, 0.3) is 10.2 Å². The van der Waals surface area contributed by atoms with Crippen LogP contribution in [0.4, 0.5) is 0 Å². The first-order chi connectivity index (χ1) is 10.6. The van der Waals surface area contributed by atoms with Gasteiger partial charge >= 0.3 is 0 Å². The van der Waals surface area contributed by atoms with Gasteiger partial charge in [-0.15, -0.1) is 11.3 Å². The normalized spacial score (nSPS) is 28.2. The van der Waals surface area contributed by atoms with Gasteiger partial charge in [-0.05, 0) is 31.2 Å². The SMILES string of the molecule is C[C@H]1C[C@H](C)C[NH+](Cc2nc3sc4c(c3c(=O)[nH]2)CCC4)C1. The Labute approximate surface area is 134 Å². The lowest BCUT2D eigenvalue weighted by Crippen LogP contribution is -3.13. The van der Waals surface area contributed by atoms with E-state index in [0.717, 1.165) is 47.3 Å². The van der Waals surface area contributed by atoms with Crippen molar-refractivity contribution in [2.75, 3.05) is 13.1 Å². The summed E-state index contributed by atoms with van der Waals surface area (Å²) in [4.78, 5) is 24.2. The zero-order chi connectivity index (χ0) is 15.3. The van der Waals surface area contributed by atoms with E-state index in [4.69, 9.17) is 4.98 Å². The molecule has 0 amide bonds. The average molecular weight is 318 g/mol. The van der Waals surface area contributed by atoms with Gasteiger partial charge in [-0.1, -0.05) is 13.8 Å². The van der Waals surface area contributed by atoms with Crippen molar-refractivity contribution in [1.29, 1.82) is 0 Å². The summed E-state index contributed by atoms with van der Waals surface area (Å²) in [6, 6.07) is 0. The van der Waals surface area contributed by atoms with Crippen molar-refractivity contribution in [1.82, 2.24) is 9.97 Å². The third-order valence-electron chi connectivity index (χ3n) is 5.12. The van der Waals surface area contributed by atoms with E-state index in [1.807, 2.05) is 0 Å². The summed E-state index contributed by atoms with van der Waals surface area (Å²) in [5.74, 6) is 2.40. The molecule has 2 aromatic rings. The maximum atomic E-state index is 12.5. The minimum absolute atomic E-state index is 0.0805. The number of hydrogen-bond donors (Lipinski definition) is 2. The number of fused-ring (bicyclic) bond motifs is 3. The number of aryl methyl sites for hydroxylation is 2. The topological polar surface area (TPSA) is 50.2 Å². The third kappa shape index (κ3) is 2.50. The Kier molecular flexibility index (Phi) is 3.57. The zero-order valence-corrected chi connectivity index (χ0v) is 14.2. The summed E-state index contributed by atoms with van der Waals surface area (Å²) in [6.45, 7) is 7.89. The number of piperidine rings is 1. The first-order valence-corrected chi connectivity index (χ1v) is 9.29. The molecule has 22 heavy (non-hydrogen) atoms. The van der Waals surface area contributed by atoms with E-state index in [0.29, 0.717) is 0 Å². The van der Waals surface area contributed by atoms with Crippen molar-refractivity contribution in [3.63, 3.8) is 0 Å². The number of H-pyrrole nitrogens is 1. The molecule has 4 rings (SSSR count). The highest BCUT2D eigenvalue weighted by Gasteiger charge is 2.26. The van der Waals surface area contributed by atoms with Crippen LogP contribution in [0.3, 0.4) is 0 Å². The highest BCUT2D eigenvalue weighted by molar-refractivity contribution is 7.18. The summed E-state index contributed by atoms with van der Waals surface area (Å²) in [6.07, 6.45) is 4.68. The summed E-state index contributed by atoms with van der Waals surface area (Å²) in [5, 5.41) is 0.872. The lowest BCUT2D eigenvalue weighted by Gasteiger charge is -2.31. The fourth-order valence-electron chi connectivity index (χ4n) is 4.43. The van der Waals surface area contributed by atoms with Crippen molar-refractivity contribution in [3.8, 4) is 0 Å². The first kappa shape index (κ1) is 14.4. The average Bonchev–Trinajstić information content (AvgIpc) is 2.96. The molecule has 0 bridgehead atoms. The second kappa shape index (κ2) is 5.46. The molecular formula is C17H24N3OS+. The smallest absolute Gasteiger partial charge is 0.260 e. The Morgan fingerprint density at radius 1 is 1.27 bits per heavy atom. The van der Waals surface area contributed by atoms with E-state index in [2.05, 4.69) is 18.8 Å². The van der Waals surface area contributed by atoms with E-state index in [9.17, 15) is 4.79 Å². The van der Waals surface area contributed by atoms with Crippen molar-refractivity contribution in [2.24, 2.45) is 11.8 Å². The molecule has 1 aliphatic heterocycles. The van der Waals surface area contributed by atoms with E-state index in [-0.39, 0.29) is 5.56 Å². The number of quaternary nitrogens is 1. The maximum absolute atomic E-state index is 12.5. The van der Waals surface area contributed by atoms with E-state index < -0.39 is 0 Å². The van der Waals surface area contributed by atoms with Crippen LogP contribution in [0.2, 0.25) is 0 Å². The van der Waals surface area contributed by atoms with E-state index in [1.165, 1.54) is 36.4 Å². The molecule has 0 saturated carbocycles. The van der Waals surface area contributed by atoms with Crippen LogP contribution in [-0.2, 0) is 19.4 Å². The fraction of sp³-hybridized carbons (Fsp3) is 0.647. The van der Waals surface area contributed by atoms with Gasteiger partial charge in [0.1, 0.15) is 11.4 Å². The molecule has 0 spiro atoms. The number of thiophene rings is 1. The molecule has 0 radical (unpaired) electrons. The maximum Gasteiger partial charge on any atom is 0.260 e. The Balaban J connectivity index is 1.64. The zero-order valence-electron chi connectivity index (χ0n) is 13.4. The van der Waals surface area contributed by atoms with Crippen LogP contribution in [0, 0.1) is 11.8 Å². The monoisotopic (exact) mass is 318 g/mol. The first-order valence-electron chi connectivity index (χ1n) is 8.47. The van der Waals surface area contributed by atoms with Crippen LogP contribution in [0.5, 0.6) is 0 Å². The lowest BCUT2D eigenvalue weighted by atomic mass is 9.92. The number of nitrogens with zero attached hydrogens (tertiary/aromatic N) is 1. The molecular weight excluding hydrogens is 294 g/mol. The fourth-order valence-corrected chi connectivity index (χ4v) is 5.72. The molecule has 118 valence electrons. The van der Waals surface area contributed by atoms with Gasteiger partial charge in [0.25, 0.3) is 5.56 Å². The molecule has 1 fully saturated rings. The summed E-state index contributed by atoms with van der Waals surface area (Å²) >= 11 is 1.74. The van der Waals surface area contributed by atoms with Crippen LogP contribution in [-0.4, -0.2) is 23.1 Å². The lowest BCUT2D eigenvalue weighted by molar-refractivity contribution is -0.926. The van der Waals surface area contributed by atoms with Gasteiger partial charge in [0.05, 0.1) is 18.5 Å². The van der Waals surface area contributed by atoms with Crippen LogP contribution in [0.15, 0.2) is 4.79 Å².